The monoisotopic (exact) mass is 255 g/mol. The first-order chi connectivity index (χ1) is 8.13. The number of thiophene rings is 1. The number of amides is 1. The Kier molecular flexibility index (Phi) is 3.33. The molecule has 1 aromatic heterocycles. The van der Waals surface area contributed by atoms with Gasteiger partial charge < -0.3 is 14.7 Å². The zero-order valence-corrected chi connectivity index (χ0v) is 10.2. The Hall–Kier alpha value is -1.56. The molecule has 0 radical (unpaired) electrons. The number of carboxylic acids is 1. The number of rotatable bonds is 3. The van der Waals surface area contributed by atoms with Gasteiger partial charge in [0.05, 0.1) is 13.0 Å². The predicted octanol–water partition coefficient (Wildman–Crippen LogP) is 1.30. The molecular weight excluding hydrogens is 242 g/mol. The predicted molar refractivity (Wildman–Crippen MR) is 62.5 cm³/mol. The van der Waals surface area contributed by atoms with E-state index in [2.05, 4.69) is 0 Å². The summed E-state index contributed by atoms with van der Waals surface area (Å²) in [6.07, 6.45) is 0.523. The Morgan fingerprint density at radius 1 is 1.59 bits per heavy atom. The summed E-state index contributed by atoms with van der Waals surface area (Å²) in [4.78, 5) is 25.1. The maximum Gasteiger partial charge on any atom is 0.308 e. The number of carbonyl (C=O) groups is 2. The maximum atomic E-state index is 12.1. The normalized spacial score (nSPS) is 19.4. The standard InChI is InChI=1S/C11H13NO4S/c1-16-8-3-5-17-9(8)10(13)12-4-2-7(6-12)11(14)15/h3,5,7H,2,4,6H2,1H3,(H,14,15)/t7-/m0/s1. The van der Waals surface area contributed by atoms with Gasteiger partial charge in [-0.2, -0.15) is 0 Å². The average molecular weight is 255 g/mol. The quantitative estimate of drug-likeness (QED) is 0.884. The van der Waals surface area contributed by atoms with Gasteiger partial charge in [-0.15, -0.1) is 11.3 Å². The van der Waals surface area contributed by atoms with E-state index < -0.39 is 11.9 Å². The highest BCUT2D eigenvalue weighted by Crippen LogP contribution is 2.28. The molecule has 17 heavy (non-hydrogen) atoms. The molecule has 0 saturated carbocycles. The van der Waals surface area contributed by atoms with Crippen LogP contribution in [0.3, 0.4) is 0 Å². The minimum absolute atomic E-state index is 0.138. The van der Waals surface area contributed by atoms with Crippen LogP contribution in [-0.2, 0) is 4.79 Å². The largest absolute Gasteiger partial charge is 0.495 e. The van der Waals surface area contributed by atoms with Gasteiger partial charge in [0, 0.05) is 13.1 Å². The molecule has 1 saturated heterocycles. The van der Waals surface area contributed by atoms with Crippen molar-refractivity contribution in [3.8, 4) is 5.75 Å². The SMILES string of the molecule is COc1ccsc1C(=O)N1CC[C@H](C(=O)O)C1. The molecule has 1 aromatic rings. The van der Waals surface area contributed by atoms with E-state index >= 15 is 0 Å². The summed E-state index contributed by atoms with van der Waals surface area (Å²) in [7, 11) is 1.52. The summed E-state index contributed by atoms with van der Waals surface area (Å²) < 4.78 is 5.09. The van der Waals surface area contributed by atoms with E-state index in [1.165, 1.54) is 18.4 Å². The van der Waals surface area contributed by atoms with Crippen molar-refractivity contribution in [2.75, 3.05) is 20.2 Å². The van der Waals surface area contributed by atoms with Crippen molar-refractivity contribution in [2.45, 2.75) is 6.42 Å². The molecule has 0 aliphatic carbocycles. The van der Waals surface area contributed by atoms with Gasteiger partial charge in [0.15, 0.2) is 0 Å². The lowest BCUT2D eigenvalue weighted by Crippen LogP contribution is -2.29. The number of likely N-dealkylation sites (tertiary alicyclic amines) is 1. The number of aliphatic carboxylic acids is 1. The second kappa shape index (κ2) is 4.75. The van der Waals surface area contributed by atoms with Crippen LogP contribution in [0.25, 0.3) is 0 Å². The number of hydrogen-bond donors (Lipinski definition) is 1. The highest BCUT2D eigenvalue weighted by atomic mass is 32.1. The molecule has 0 aromatic carbocycles. The molecule has 0 spiro atoms. The molecule has 92 valence electrons. The molecule has 0 unspecified atom stereocenters. The third-order valence-electron chi connectivity index (χ3n) is 2.87. The van der Waals surface area contributed by atoms with Gasteiger partial charge in [-0.3, -0.25) is 9.59 Å². The first kappa shape index (κ1) is 11.9. The summed E-state index contributed by atoms with van der Waals surface area (Å²) in [6, 6.07) is 1.74. The Labute approximate surface area is 103 Å². The number of methoxy groups -OCH3 is 1. The smallest absolute Gasteiger partial charge is 0.308 e. The van der Waals surface area contributed by atoms with E-state index in [1.54, 1.807) is 16.3 Å². The molecular formula is C11H13NO4S. The number of carbonyl (C=O) groups excluding carboxylic acids is 1. The Morgan fingerprint density at radius 2 is 2.35 bits per heavy atom. The van der Waals surface area contributed by atoms with Crippen molar-refractivity contribution in [3.63, 3.8) is 0 Å². The zero-order chi connectivity index (χ0) is 12.4. The van der Waals surface area contributed by atoms with Gasteiger partial charge in [-0.05, 0) is 17.9 Å². The molecule has 5 nitrogen and oxygen atoms in total. The van der Waals surface area contributed by atoms with Crippen LogP contribution in [0.2, 0.25) is 0 Å². The molecule has 2 rings (SSSR count). The molecule has 1 aliphatic heterocycles. The second-order valence-electron chi connectivity index (χ2n) is 3.89. The molecule has 0 bridgehead atoms. The van der Waals surface area contributed by atoms with Crippen molar-refractivity contribution >= 4 is 23.2 Å². The van der Waals surface area contributed by atoms with Crippen LogP contribution >= 0.6 is 11.3 Å². The van der Waals surface area contributed by atoms with E-state index in [-0.39, 0.29) is 12.5 Å². The van der Waals surface area contributed by atoms with E-state index in [0.29, 0.717) is 23.6 Å². The van der Waals surface area contributed by atoms with Crippen LogP contribution < -0.4 is 4.74 Å². The minimum Gasteiger partial charge on any atom is -0.495 e. The van der Waals surface area contributed by atoms with Crippen molar-refractivity contribution in [2.24, 2.45) is 5.92 Å². The topological polar surface area (TPSA) is 66.8 Å². The van der Waals surface area contributed by atoms with Crippen LogP contribution in [0.15, 0.2) is 11.4 Å². The molecule has 1 amide bonds. The van der Waals surface area contributed by atoms with Crippen molar-refractivity contribution in [1.29, 1.82) is 0 Å². The van der Waals surface area contributed by atoms with Crippen LogP contribution in [0.1, 0.15) is 16.1 Å². The van der Waals surface area contributed by atoms with E-state index in [9.17, 15) is 9.59 Å². The van der Waals surface area contributed by atoms with Crippen molar-refractivity contribution < 1.29 is 19.4 Å². The minimum atomic E-state index is -0.835. The summed E-state index contributed by atoms with van der Waals surface area (Å²) in [5.74, 6) is -0.859. The molecule has 1 N–H and O–H groups in total. The van der Waals surface area contributed by atoms with Gasteiger partial charge in [0.2, 0.25) is 0 Å². The Morgan fingerprint density at radius 3 is 2.94 bits per heavy atom. The van der Waals surface area contributed by atoms with E-state index in [0.717, 1.165) is 0 Å². The maximum absolute atomic E-state index is 12.1. The van der Waals surface area contributed by atoms with Gasteiger partial charge in [-0.25, -0.2) is 0 Å². The van der Waals surface area contributed by atoms with Crippen molar-refractivity contribution in [1.82, 2.24) is 4.90 Å². The molecule has 1 fully saturated rings. The summed E-state index contributed by atoms with van der Waals surface area (Å²) in [6.45, 7) is 0.784. The zero-order valence-electron chi connectivity index (χ0n) is 9.38. The lowest BCUT2D eigenvalue weighted by atomic mass is 10.1. The highest BCUT2D eigenvalue weighted by molar-refractivity contribution is 7.12. The highest BCUT2D eigenvalue weighted by Gasteiger charge is 2.32. The Balaban J connectivity index is 2.09. The summed E-state index contributed by atoms with van der Waals surface area (Å²) in [5, 5.41) is 10.7. The third-order valence-corrected chi connectivity index (χ3v) is 3.75. The van der Waals surface area contributed by atoms with Crippen LogP contribution in [0.4, 0.5) is 0 Å². The average Bonchev–Trinajstić information content (AvgIpc) is 2.96. The van der Waals surface area contributed by atoms with Gasteiger partial charge in [-0.1, -0.05) is 0 Å². The molecule has 2 heterocycles. The summed E-state index contributed by atoms with van der Waals surface area (Å²) in [5.41, 5.74) is 0. The number of nitrogens with zero attached hydrogens (tertiary/aromatic N) is 1. The summed E-state index contributed by atoms with van der Waals surface area (Å²) >= 11 is 1.32. The third kappa shape index (κ3) is 2.26. The fourth-order valence-electron chi connectivity index (χ4n) is 1.90. The number of ether oxygens (including phenoxy) is 1. The first-order valence-electron chi connectivity index (χ1n) is 5.27. The van der Waals surface area contributed by atoms with Gasteiger partial charge in [0.25, 0.3) is 5.91 Å². The van der Waals surface area contributed by atoms with Gasteiger partial charge in [0.1, 0.15) is 10.6 Å². The lowest BCUT2D eigenvalue weighted by Gasteiger charge is -2.15. The van der Waals surface area contributed by atoms with E-state index in [1.807, 2.05) is 0 Å². The molecule has 1 atom stereocenters. The fraction of sp³-hybridized carbons (Fsp3) is 0.455. The second-order valence-corrected chi connectivity index (χ2v) is 4.81. The number of carboxylic acid groups (broad SMARTS) is 1. The fourth-order valence-corrected chi connectivity index (χ4v) is 2.73. The lowest BCUT2D eigenvalue weighted by molar-refractivity contribution is -0.141. The Bertz CT molecular complexity index is 442. The van der Waals surface area contributed by atoms with E-state index in [4.69, 9.17) is 9.84 Å². The first-order valence-corrected chi connectivity index (χ1v) is 6.15. The van der Waals surface area contributed by atoms with Crippen molar-refractivity contribution in [3.05, 3.63) is 16.3 Å². The number of hydrogen-bond acceptors (Lipinski definition) is 4. The molecule has 1 aliphatic rings. The molecule has 6 heteroatoms. The van der Waals surface area contributed by atoms with Crippen LogP contribution in [0.5, 0.6) is 5.75 Å². The van der Waals surface area contributed by atoms with Crippen LogP contribution in [0, 0.1) is 5.92 Å². The van der Waals surface area contributed by atoms with Gasteiger partial charge >= 0.3 is 5.97 Å². The van der Waals surface area contributed by atoms with Crippen LogP contribution in [-0.4, -0.2) is 42.1 Å².